The van der Waals surface area contributed by atoms with Gasteiger partial charge in [-0.05, 0) is 0 Å². The molecule has 0 aromatic rings. The summed E-state index contributed by atoms with van der Waals surface area (Å²) >= 11 is 1.96. The largest absolute Gasteiger partial charge is 0.322 e. The van der Waals surface area contributed by atoms with E-state index in [0.29, 0.717) is 5.27 Å². The Labute approximate surface area is 66.2 Å². The summed E-state index contributed by atoms with van der Waals surface area (Å²) in [6, 6.07) is 0. The number of carbonyl (C=O) groups is 2. The van der Waals surface area contributed by atoms with Gasteiger partial charge in [0.05, 0.1) is 0 Å². The maximum Gasteiger partial charge on any atom is 0.322 e. The SMILES string of the molecule is O=C1C=CC(=O)N1BI. The Morgan fingerprint density at radius 2 is 1.78 bits per heavy atom. The predicted octanol–water partition coefficient (Wildman–Crippen LogP) is -0.387. The van der Waals surface area contributed by atoms with Gasteiger partial charge in [0.2, 0.25) is 11.8 Å². The highest BCUT2D eigenvalue weighted by atomic mass is 127. The minimum Gasteiger partial charge on any atom is -0.314 e. The van der Waals surface area contributed by atoms with Crippen LogP contribution in [0, 0.1) is 0 Å². The quantitative estimate of drug-likeness (QED) is 0.352. The average Bonchev–Trinajstić information content (AvgIpc) is 2.12. The Hall–Kier alpha value is -0.325. The molecule has 3 nitrogen and oxygen atoms in total. The maximum absolute atomic E-state index is 10.6. The molecule has 1 rings (SSSR count). The van der Waals surface area contributed by atoms with Crippen LogP contribution in [0.2, 0.25) is 0 Å². The first kappa shape index (κ1) is 6.79. The smallest absolute Gasteiger partial charge is 0.314 e. The summed E-state index contributed by atoms with van der Waals surface area (Å²) in [5.74, 6) is -0.427. The predicted molar refractivity (Wildman–Crippen MR) is 42.2 cm³/mol. The molecule has 0 bridgehead atoms. The number of hydrogen-bond acceptors (Lipinski definition) is 2. The zero-order chi connectivity index (χ0) is 6.85. The molecule has 0 unspecified atom stereocenters. The zero-order valence-corrected chi connectivity index (χ0v) is 6.66. The van der Waals surface area contributed by atoms with E-state index in [9.17, 15) is 9.59 Å². The van der Waals surface area contributed by atoms with E-state index in [4.69, 9.17) is 0 Å². The molecule has 0 saturated heterocycles. The lowest BCUT2D eigenvalue weighted by Gasteiger charge is -2.06. The standard InChI is InChI=1S/C4H3BINO2/c6-5-7-3(8)1-2-4(7)9/h1-2,5H. The summed E-state index contributed by atoms with van der Waals surface area (Å²) in [5, 5.41) is 0.433. The van der Waals surface area contributed by atoms with Crippen molar-refractivity contribution in [1.29, 1.82) is 0 Å². The van der Waals surface area contributed by atoms with Gasteiger partial charge in [0.15, 0.2) is 0 Å². The molecular formula is C4H3BINO2. The van der Waals surface area contributed by atoms with E-state index in [0.717, 1.165) is 0 Å². The molecule has 0 atom stereocenters. The van der Waals surface area contributed by atoms with Crippen molar-refractivity contribution >= 4 is 39.5 Å². The zero-order valence-electron chi connectivity index (χ0n) is 4.50. The molecule has 1 heterocycles. The third-order valence-electron chi connectivity index (χ3n) is 1.02. The molecule has 46 valence electrons. The van der Waals surface area contributed by atoms with Crippen LogP contribution >= 0.6 is 22.4 Å². The number of carbonyl (C=O) groups excluding carboxylic acids is 2. The van der Waals surface area contributed by atoms with Crippen LogP contribution in [0.3, 0.4) is 0 Å². The summed E-state index contributed by atoms with van der Waals surface area (Å²) in [4.78, 5) is 22.4. The number of hydrogen-bond donors (Lipinski definition) is 0. The van der Waals surface area contributed by atoms with Gasteiger partial charge in [-0.2, -0.15) is 0 Å². The van der Waals surface area contributed by atoms with Crippen molar-refractivity contribution in [3.05, 3.63) is 12.2 Å². The van der Waals surface area contributed by atoms with E-state index in [2.05, 4.69) is 0 Å². The van der Waals surface area contributed by atoms with Crippen LogP contribution < -0.4 is 0 Å². The highest BCUT2D eigenvalue weighted by Crippen LogP contribution is 2.02. The molecule has 0 N–H and O–H groups in total. The fourth-order valence-corrected chi connectivity index (χ4v) is 1.22. The summed E-state index contributed by atoms with van der Waals surface area (Å²) in [6.07, 6.45) is 2.56. The Morgan fingerprint density at radius 3 is 2.00 bits per heavy atom. The van der Waals surface area contributed by atoms with Crippen molar-refractivity contribution in [3.8, 4) is 0 Å². The van der Waals surface area contributed by atoms with Gasteiger partial charge in [0.1, 0.15) is 0 Å². The van der Waals surface area contributed by atoms with Crippen LogP contribution in [0.25, 0.3) is 0 Å². The molecule has 0 aromatic heterocycles. The van der Waals surface area contributed by atoms with Crippen LogP contribution in [-0.2, 0) is 9.59 Å². The minimum absolute atomic E-state index is 0.214. The molecule has 1 aliphatic heterocycles. The molecular weight excluding hydrogens is 232 g/mol. The van der Waals surface area contributed by atoms with Crippen molar-refractivity contribution in [2.24, 2.45) is 0 Å². The van der Waals surface area contributed by atoms with E-state index in [1.807, 2.05) is 22.4 Å². The molecule has 0 fully saturated rings. The lowest BCUT2D eigenvalue weighted by atomic mass is 10.3. The van der Waals surface area contributed by atoms with Crippen LogP contribution in [-0.4, -0.2) is 21.9 Å². The van der Waals surface area contributed by atoms with Crippen LogP contribution in [0.5, 0.6) is 0 Å². The monoisotopic (exact) mass is 235 g/mol. The van der Waals surface area contributed by atoms with Gasteiger partial charge >= 0.3 is 5.27 Å². The topological polar surface area (TPSA) is 37.4 Å². The highest BCUT2D eigenvalue weighted by molar-refractivity contribution is 14.1. The van der Waals surface area contributed by atoms with E-state index < -0.39 is 0 Å². The van der Waals surface area contributed by atoms with Crippen LogP contribution in [0.1, 0.15) is 0 Å². The molecule has 0 aromatic carbocycles. The van der Waals surface area contributed by atoms with Crippen LogP contribution in [0.15, 0.2) is 12.2 Å². The second kappa shape index (κ2) is 2.51. The van der Waals surface area contributed by atoms with Crippen molar-refractivity contribution < 1.29 is 9.59 Å². The Balaban J connectivity index is 2.75. The fraction of sp³-hybridized carbons (Fsp3) is 0. The molecule has 9 heavy (non-hydrogen) atoms. The van der Waals surface area contributed by atoms with Gasteiger partial charge in [-0.15, -0.1) is 22.4 Å². The Morgan fingerprint density at radius 1 is 1.33 bits per heavy atom. The van der Waals surface area contributed by atoms with Crippen molar-refractivity contribution in [3.63, 3.8) is 0 Å². The van der Waals surface area contributed by atoms with E-state index in [-0.39, 0.29) is 11.8 Å². The third-order valence-corrected chi connectivity index (χ3v) is 1.70. The second-order valence-electron chi connectivity index (χ2n) is 1.56. The van der Waals surface area contributed by atoms with Gasteiger partial charge < -0.3 is 4.81 Å². The summed E-state index contributed by atoms with van der Waals surface area (Å²) in [6.45, 7) is 0. The van der Waals surface area contributed by atoms with Gasteiger partial charge in [0, 0.05) is 12.2 Å². The van der Waals surface area contributed by atoms with Gasteiger partial charge in [0.25, 0.3) is 0 Å². The van der Waals surface area contributed by atoms with Gasteiger partial charge in [-0.3, -0.25) is 9.59 Å². The maximum atomic E-state index is 10.6. The van der Waals surface area contributed by atoms with E-state index in [1.54, 1.807) is 0 Å². The Bertz CT molecular complexity index is 173. The number of nitrogens with zero attached hydrogens (tertiary/aromatic N) is 1. The Kier molecular flexibility index (Phi) is 1.89. The first-order chi connectivity index (χ1) is 4.25. The fourth-order valence-electron chi connectivity index (χ4n) is 0.549. The lowest BCUT2D eigenvalue weighted by Crippen LogP contribution is -2.30. The molecule has 0 aliphatic carbocycles. The number of rotatable bonds is 1. The molecule has 0 spiro atoms. The van der Waals surface area contributed by atoms with Crippen molar-refractivity contribution in [2.45, 2.75) is 0 Å². The van der Waals surface area contributed by atoms with E-state index in [1.165, 1.54) is 17.0 Å². The van der Waals surface area contributed by atoms with Crippen LogP contribution in [0.4, 0.5) is 0 Å². The molecule has 5 heteroatoms. The normalized spacial score (nSPS) is 17.2. The first-order valence-corrected chi connectivity index (χ1v) is 3.88. The molecule has 0 radical (unpaired) electrons. The first-order valence-electron chi connectivity index (χ1n) is 2.35. The minimum atomic E-state index is -0.214. The number of imide groups is 1. The molecule has 1 aliphatic rings. The number of halogens is 1. The summed E-state index contributed by atoms with van der Waals surface area (Å²) in [7, 11) is 0. The van der Waals surface area contributed by atoms with Crippen molar-refractivity contribution in [2.75, 3.05) is 0 Å². The van der Waals surface area contributed by atoms with Gasteiger partial charge in [-0.1, -0.05) is 0 Å². The third kappa shape index (κ3) is 1.15. The lowest BCUT2D eigenvalue weighted by molar-refractivity contribution is -0.131. The second-order valence-corrected chi connectivity index (χ2v) is 2.24. The summed E-state index contributed by atoms with van der Waals surface area (Å²) in [5.41, 5.74) is 0. The molecule has 2 amide bonds. The average molecular weight is 235 g/mol. The molecule has 0 saturated carbocycles. The summed E-state index contributed by atoms with van der Waals surface area (Å²) < 4.78 is 0. The number of amides is 2. The highest BCUT2D eigenvalue weighted by Gasteiger charge is 2.21. The van der Waals surface area contributed by atoms with E-state index >= 15 is 0 Å². The van der Waals surface area contributed by atoms with Gasteiger partial charge in [-0.25, -0.2) is 0 Å². The van der Waals surface area contributed by atoms with Crippen molar-refractivity contribution in [1.82, 2.24) is 4.81 Å².